The molecule has 244 valence electrons. The van der Waals surface area contributed by atoms with Crippen LogP contribution in [0.2, 0.25) is 0 Å². The quantitative estimate of drug-likeness (QED) is 0.152. The van der Waals surface area contributed by atoms with Gasteiger partial charge in [0.15, 0.2) is 0 Å². The Bertz CT molecular complexity index is 2660. The summed E-state index contributed by atoms with van der Waals surface area (Å²) >= 11 is 0. The molecule has 0 N–H and O–H groups in total. The van der Waals surface area contributed by atoms with E-state index in [9.17, 15) is 0 Å². The second-order valence-electron chi connectivity index (χ2n) is 15.7. The number of rotatable bonds is 0. The number of hydrogen-bond donors (Lipinski definition) is 0. The Morgan fingerprint density at radius 1 is 0.288 bits per heavy atom. The molecule has 0 amide bonds. The average molecular weight is 661 g/mol. The Kier molecular flexibility index (Phi) is 5.22. The van der Waals surface area contributed by atoms with Gasteiger partial charge in [0, 0.05) is 0 Å². The van der Waals surface area contributed by atoms with Gasteiger partial charge in [-0.15, -0.1) is 0 Å². The van der Waals surface area contributed by atoms with Crippen LogP contribution in [0.4, 0.5) is 0 Å². The van der Waals surface area contributed by atoms with E-state index >= 15 is 0 Å². The summed E-state index contributed by atoms with van der Waals surface area (Å²) in [5.41, 5.74) is 26.6. The van der Waals surface area contributed by atoms with Crippen LogP contribution in [0, 0.1) is 27.7 Å². The van der Waals surface area contributed by atoms with Crippen molar-refractivity contribution in [3.05, 3.63) is 212 Å². The van der Waals surface area contributed by atoms with E-state index < -0.39 is 10.8 Å². The Morgan fingerprint density at radius 3 is 0.962 bits per heavy atom. The van der Waals surface area contributed by atoms with Crippen molar-refractivity contribution in [2.24, 2.45) is 0 Å². The molecule has 0 heteroatoms. The Hall–Kier alpha value is -5.98. The van der Waals surface area contributed by atoms with E-state index in [4.69, 9.17) is 0 Å². The molecule has 4 aliphatic rings. The summed E-state index contributed by atoms with van der Waals surface area (Å²) in [5, 5.41) is 2.84. The summed E-state index contributed by atoms with van der Waals surface area (Å²) in [7, 11) is 0. The largest absolute Gasteiger partial charge is 0.0725 e. The van der Waals surface area contributed by atoms with Gasteiger partial charge in [-0.1, -0.05) is 157 Å². The van der Waals surface area contributed by atoms with Gasteiger partial charge in [-0.3, -0.25) is 0 Å². The summed E-state index contributed by atoms with van der Waals surface area (Å²) in [4.78, 5) is 0. The van der Waals surface area contributed by atoms with Crippen LogP contribution in [0.1, 0.15) is 66.8 Å². The third-order valence-electron chi connectivity index (χ3n) is 13.4. The maximum Gasteiger partial charge on any atom is 0.0725 e. The fourth-order valence-electron chi connectivity index (χ4n) is 11.5. The number of hydrogen-bond acceptors (Lipinski definition) is 0. The van der Waals surface area contributed by atoms with Crippen molar-refractivity contribution >= 4 is 10.8 Å². The molecule has 0 heterocycles. The Morgan fingerprint density at radius 2 is 0.615 bits per heavy atom. The maximum absolute atomic E-state index is 2.55. The zero-order chi connectivity index (χ0) is 34.7. The fraction of sp³-hybridized carbons (Fsp3) is 0.115. The van der Waals surface area contributed by atoms with E-state index in [0.717, 1.165) is 0 Å². The van der Waals surface area contributed by atoms with Crippen LogP contribution in [0.25, 0.3) is 55.3 Å². The van der Waals surface area contributed by atoms with Gasteiger partial charge in [-0.25, -0.2) is 0 Å². The zero-order valence-corrected chi connectivity index (χ0v) is 29.9. The highest BCUT2D eigenvalue weighted by atomic mass is 14.6. The van der Waals surface area contributed by atoms with Crippen molar-refractivity contribution in [2.75, 3.05) is 0 Å². The standard InChI is InChI=1S/C52H36/c1-29-21-23-37-45(27-29)51(39-17-9-5-13-33(39)34-14-6-10-18-40(34)51)43-25-26-44-50-48(32(4)31(3)47(37)49(43)50)38-24-22-30(2)28-46(38)52(44)41-19-11-7-15-35(41)36-16-8-12-20-42(36)52/h5-28H,1-4H3. The van der Waals surface area contributed by atoms with Crippen molar-refractivity contribution in [2.45, 2.75) is 38.5 Å². The molecule has 0 bridgehead atoms. The fourth-order valence-corrected chi connectivity index (χ4v) is 11.5. The van der Waals surface area contributed by atoms with Gasteiger partial charge < -0.3 is 0 Å². The molecular weight excluding hydrogens is 625 g/mol. The smallest absolute Gasteiger partial charge is 0.0619 e. The first kappa shape index (κ1) is 28.7. The molecular formula is C52H36. The Labute approximate surface area is 305 Å². The van der Waals surface area contributed by atoms with Crippen LogP contribution >= 0.6 is 0 Å². The molecule has 12 rings (SSSR count). The van der Waals surface area contributed by atoms with E-state index in [1.54, 1.807) is 0 Å². The van der Waals surface area contributed by atoms with E-state index in [0.29, 0.717) is 0 Å². The minimum absolute atomic E-state index is 0.439. The normalized spacial score (nSPS) is 15.2. The van der Waals surface area contributed by atoms with Crippen molar-refractivity contribution in [1.29, 1.82) is 0 Å². The predicted octanol–water partition coefficient (Wildman–Crippen LogP) is 12.8. The van der Waals surface area contributed by atoms with Gasteiger partial charge in [-0.05, 0) is 139 Å². The highest BCUT2D eigenvalue weighted by molar-refractivity contribution is 6.18. The maximum atomic E-state index is 2.55. The number of aryl methyl sites for hydroxylation is 2. The Balaban J connectivity index is 1.37. The van der Waals surface area contributed by atoms with Crippen LogP contribution in [-0.4, -0.2) is 0 Å². The van der Waals surface area contributed by atoms with Crippen LogP contribution in [-0.2, 0) is 10.8 Å². The molecule has 0 atom stereocenters. The van der Waals surface area contributed by atoms with Crippen LogP contribution < -0.4 is 0 Å². The summed E-state index contributed by atoms with van der Waals surface area (Å²) < 4.78 is 0. The lowest BCUT2D eigenvalue weighted by Gasteiger charge is -2.45. The number of benzene rings is 8. The second kappa shape index (κ2) is 9.46. The highest BCUT2D eigenvalue weighted by Crippen LogP contribution is 2.67. The summed E-state index contributed by atoms with van der Waals surface area (Å²) in [6, 6.07) is 56.5. The van der Waals surface area contributed by atoms with Crippen LogP contribution in [0.15, 0.2) is 146 Å². The highest BCUT2D eigenvalue weighted by Gasteiger charge is 2.54. The monoisotopic (exact) mass is 660 g/mol. The molecule has 0 saturated heterocycles. The topological polar surface area (TPSA) is 0 Å². The SMILES string of the molecule is Cc1ccc2c(c1)C1(c3ccccc3-c3ccccc31)c1ccc3c4c(c(C)c(C)c-2c14)-c1ccc(C)cc1C31c2ccccc2-c2ccccc21. The second-order valence-corrected chi connectivity index (χ2v) is 15.7. The first-order valence-electron chi connectivity index (χ1n) is 18.7. The van der Waals surface area contributed by atoms with Gasteiger partial charge in [0.1, 0.15) is 0 Å². The van der Waals surface area contributed by atoms with E-state index in [2.05, 4.69) is 173 Å². The van der Waals surface area contributed by atoms with Gasteiger partial charge in [-0.2, -0.15) is 0 Å². The lowest BCUT2D eigenvalue weighted by molar-refractivity contribution is 0.756. The van der Waals surface area contributed by atoms with E-state index in [1.165, 1.54) is 122 Å². The van der Waals surface area contributed by atoms with Gasteiger partial charge in [0.2, 0.25) is 0 Å². The van der Waals surface area contributed by atoms with E-state index in [1.807, 2.05) is 0 Å². The number of fused-ring (bicyclic) bond motifs is 18. The molecule has 0 fully saturated rings. The molecule has 4 aliphatic carbocycles. The molecule has 2 spiro atoms. The average Bonchev–Trinajstić information content (AvgIpc) is 3.64. The lowest BCUT2D eigenvalue weighted by atomic mass is 9.56. The van der Waals surface area contributed by atoms with Crippen molar-refractivity contribution < 1.29 is 0 Å². The van der Waals surface area contributed by atoms with Crippen molar-refractivity contribution in [1.82, 2.24) is 0 Å². The third-order valence-corrected chi connectivity index (χ3v) is 13.4. The molecule has 0 nitrogen and oxygen atoms in total. The van der Waals surface area contributed by atoms with Gasteiger partial charge >= 0.3 is 0 Å². The first-order chi connectivity index (χ1) is 25.5. The minimum Gasteiger partial charge on any atom is -0.0619 e. The molecule has 0 aliphatic heterocycles. The molecule has 8 aromatic carbocycles. The van der Waals surface area contributed by atoms with Gasteiger partial charge in [0.05, 0.1) is 10.8 Å². The molecule has 52 heavy (non-hydrogen) atoms. The zero-order valence-electron chi connectivity index (χ0n) is 29.9. The molecule has 0 unspecified atom stereocenters. The van der Waals surface area contributed by atoms with Crippen molar-refractivity contribution in [3.63, 3.8) is 0 Å². The molecule has 0 radical (unpaired) electrons. The first-order valence-corrected chi connectivity index (χ1v) is 18.7. The molecule has 0 saturated carbocycles. The minimum atomic E-state index is -0.439. The van der Waals surface area contributed by atoms with Crippen molar-refractivity contribution in [3.8, 4) is 44.5 Å². The summed E-state index contributed by atoms with van der Waals surface area (Å²) in [6.45, 7) is 9.28. The van der Waals surface area contributed by atoms with E-state index in [-0.39, 0.29) is 0 Å². The predicted molar refractivity (Wildman–Crippen MR) is 215 cm³/mol. The van der Waals surface area contributed by atoms with Crippen LogP contribution in [0.5, 0.6) is 0 Å². The van der Waals surface area contributed by atoms with Gasteiger partial charge in [0.25, 0.3) is 0 Å². The third kappa shape index (κ3) is 2.99. The summed E-state index contributed by atoms with van der Waals surface area (Å²) in [6.07, 6.45) is 0. The molecule has 8 aromatic rings. The lowest BCUT2D eigenvalue weighted by Crippen LogP contribution is -2.35. The molecule has 0 aromatic heterocycles. The summed E-state index contributed by atoms with van der Waals surface area (Å²) in [5.74, 6) is 0. The van der Waals surface area contributed by atoms with Crippen LogP contribution in [0.3, 0.4) is 0 Å².